The van der Waals surface area contributed by atoms with Crippen LogP contribution < -0.4 is 9.62 Å². The number of halogens is 3. The Hall–Kier alpha value is -3.44. The normalized spacial score (nSPS) is 16.3. The second kappa shape index (κ2) is 7.36. The first-order valence-electron chi connectivity index (χ1n) is 8.84. The van der Waals surface area contributed by atoms with E-state index in [4.69, 9.17) is 0 Å². The van der Waals surface area contributed by atoms with Crippen molar-refractivity contribution in [3.8, 4) is 0 Å². The molecule has 1 amide bonds. The number of benzene rings is 2. The van der Waals surface area contributed by atoms with Crippen LogP contribution in [0.4, 0.5) is 24.5 Å². The fourth-order valence-corrected chi connectivity index (χ4v) is 4.41. The van der Waals surface area contributed by atoms with Gasteiger partial charge in [0.05, 0.1) is 28.0 Å². The minimum absolute atomic E-state index is 0.00750. The van der Waals surface area contributed by atoms with Crippen LogP contribution in [0.15, 0.2) is 71.9 Å². The number of anilines is 2. The van der Waals surface area contributed by atoms with Gasteiger partial charge in [-0.1, -0.05) is 12.1 Å². The number of rotatable bonds is 4. The standard InChI is InChI=1S/C20H14F3N3O4S/c21-20(22,23)12-4-1-6-14(10-12)31(29,30)25-16-8-2-7-15-17(16)19(28)26(18(15)27)13-5-3-9-24-11-13/h1-11,19,25,28H. The van der Waals surface area contributed by atoms with Crippen LogP contribution in [-0.2, 0) is 16.2 Å². The van der Waals surface area contributed by atoms with Crippen LogP contribution in [0.25, 0.3) is 0 Å². The number of nitrogens with one attached hydrogen (secondary N) is 1. The Labute approximate surface area is 174 Å². The molecule has 4 rings (SSSR count). The Bertz CT molecular complexity index is 1260. The SMILES string of the molecule is O=C1c2cccc(NS(=O)(=O)c3cccc(C(F)(F)F)c3)c2C(O)N1c1cccnc1. The molecule has 0 fully saturated rings. The zero-order valence-electron chi connectivity index (χ0n) is 15.5. The first kappa shape index (κ1) is 20.8. The van der Waals surface area contributed by atoms with Gasteiger partial charge in [-0.2, -0.15) is 13.2 Å². The van der Waals surface area contributed by atoms with Gasteiger partial charge in [0.15, 0.2) is 6.23 Å². The first-order chi connectivity index (χ1) is 14.6. The molecular formula is C20H14F3N3O4S. The van der Waals surface area contributed by atoms with Gasteiger partial charge in [0.25, 0.3) is 15.9 Å². The van der Waals surface area contributed by atoms with E-state index in [0.29, 0.717) is 11.8 Å². The maximum atomic E-state index is 13.0. The summed E-state index contributed by atoms with van der Waals surface area (Å²) in [5.74, 6) is -0.574. The van der Waals surface area contributed by atoms with Crippen LogP contribution in [0.1, 0.15) is 27.7 Å². The molecule has 0 radical (unpaired) electrons. The molecule has 3 aromatic rings. The molecule has 31 heavy (non-hydrogen) atoms. The van der Waals surface area contributed by atoms with Gasteiger partial charge < -0.3 is 5.11 Å². The molecule has 0 saturated heterocycles. The summed E-state index contributed by atoms with van der Waals surface area (Å²) < 4.78 is 66.6. The summed E-state index contributed by atoms with van der Waals surface area (Å²) in [6.07, 6.45) is -3.39. The van der Waals surface area contributed by atoms with E-state index in [1.807, 2.05) is 0 Å². The number of alkyl halides is 3. The molecule has 0 aliphatic carbocycles. The van der Waals surface area contributed by atoms with Crippen LogP contribution in [0, 0.1) is 0 Å². The molecule has 2 heterocycles. The van der Waals surface area contributed by atoms with Crippen LogP contribution in [-0.4, -0.2) is 24.4 Å². The van der Waals surface area contributed by atoms with Gasteiger partial charge >= 0.3 is 6.18 Å². The highest BCUT2D eigenvalue weighted by atomic mass is 32.2. The monoisotopic (exact) mass is 449 g/mol. The number of aromatic nitrogens is 1. The summed E-state index contributed by atoms with van der Waals surface area (Å²) in [6.45, 7) is 0. The van der Waals surface area contributed by atoms with Gasteiger partial charge in [-0.05, 0) is 42.5 Å². The smallest absolute Gasteiger partial charge is 0.369 e. The van der Waals surface area contributed by atoms with E-state index in [2.05, 4.69) is 9.71 Å². The molecule has 1 unspecified atom stereocenters. The quantitative estimate of drug-likeness (QED) is 0.635. The number of nitrogens with zero attached hydrogens (tertiary/aromatic N) is 2. The van der Waals surface area contributed by atoms with Crippen molar-refractivity contribution in [2.24, 2.45) is 0 Å². The molecule has 1 aliphatic heterocycles. The van der Waals surface area contributed by atoms with Crippen molar-refractivity contribution in [2.45, 2.75) is 17.3 Å². The van der Waals surface area contributed by atoms with Gasteiger partial charge in [-0.15, -0.1) is 0 Å². The number of hydrogen-bond acceptors (Lipinski definition) is 5. The van der Waals surface area contributed by atoms with E-state index >= 15 is 0 Å². The number of fused-ring (bicyclic) bond motifs is 1. The number of hydrogen-bond donors (Lipinski definition) is 2. The number of amides is 1. The van der Waals surface area contributed by atoms with E-state index < -0.39 is 38.8 Å². The highest BCUT2D eigenvalue weighted by Crippen LogP contribution is 2.40. The highest BCUT2D eigenvalue weighted by molar-refractivity contribution is 7.92. The average molecular weight is 449 g/mol. The molecule has 1 aromatic heterocycles. The molecule has 2 aromatic carbocycles. The number of aliphatic hydroxyl groups excluding tert-OH is 1. The second-order valence-electron chi connectivity index (χ2n) is 6.66. The summed E-state index contributed by atoms with van der Waals surface area (Å²) in [7, 11) is -4.44. The summed E-state index contributed by atoms with van der Waals surface area (Å²) in [4.78, 5) is 17.1. The van der Waals surface area contributed by atoms with Gasteiger partial charge in [-0.25, -0.2) is 8.42 Å². The maximum Gasteiger partial charge on any atom is 0.416 e. The predicted octanol–water partition coefficient (Wildman–Crippen LogP) is 3.55. The van der Waals surface area contributed by atoms with E-state index in [9.17, 15) is 31.5 Å². The number of carbonyl (C=O) groups excluding carboxylic acids is 1. The van der Waals surface area contributed by atoms with E-state index in [1.165, 1.54) is 30.6 Å². The van der Waals surface area contributed by atoms with Crippen LogP contribution >= 0.6 is 0 Å². The first-order valence-corrected chi connectivity index (χ1v) is 10.3. The zero-order chi connectivity index (χ0) is 22.4. The van der Waals surface area contributed by atoms with Crippen molar-refractivity contribution in [3.05, 3.63) is 83.7 Å². The lowest BCUT2D eigenvalue weighted by molar-refractivity contribution is -0.137. The van der Waals surface area contributed by atoms with E-state index in [1.54, 1.807) is 12.1 Å². The van der Waals surface area contributed by atoms with Crippen molar-refractivity contribution >= 4 is 27.3 Å². The van der Waals surface area contributed by atoms with E-state index in [-0.39, 0.29) is 16.8 Å². The van der Waals surface area contributed by atoms with Crippen molar-refractivity contribution in [1.82, 2.24) is 4.98 Å². The fourth-order valence-electron chi connectivity index (χ4n) is 3.29. The fraction of sp³-hybridized carbons (Fsp3) is 0.100. The minimum Gasteiger partial charge on any atom is -0.369 e. The molecule has 1 aliphatic rings. The van der Waals surface area contributed by atoms with Gasteiger partial charge in [0, 0.05) is 17.3 Å². The van der Waals surface area contributed by atoms with Crippen LogP contribution in [0.3, 0.4) is 0 Å². The molecule has 0 spiro atoms. The highest BCUT2D eigenvalue weighted by Gasteiger charge is 2.39. The minimum atomic E-state index is -4.72. The Kier molecular flexibility index (Phi) is 4.94. The van der Waals surface area contributed by atoms with Crippen molar-refractivity contribution < 1.29 is 31.5 Å². The Morgan fingerprint density at radius 2 is 1.81 bits per heavy atom. The van der Waals surface area contributed by atoms with Crippen LogP contribution in [0.5, 0.6) is 0 Å². The number of carbonyl (C=O) groups is 1. The summed E-state index contributed by atoms with van der Waals surface area (Å²) >= 11 is 0. The van der Waals surface area contributed by atoms with Gasteiger partial charge in [-0.3, -0.25) is 19.4 Å². The average Bonchev–Trinajstić information content (AvgIpc) is 2.99. The summed E-state index contributed by atoms with van der Waals surface area (Å²) in [5, 5.41) is 10.8. The largest absolute Gasteiger partial charge is 0.416 e. The Morgan fingerprint density at radius 1 is 1.06 bits per heavy atom. The van der Waals surface area contributed by atoms with Crippen LogP contribution in [0.2, 0.25) is 0 Å². The number of aliphatic hydroxyl groups is 1. The predicted molar refractivity (Wildman–Crippen MR) is 105 cm³/mol. The van der Waals surface area contributed by atoms with Gasteiger partial charge in [0.1, 0.15) is 0 Å². The molecule has 1 atom stereocenters. The third-order valence-corrected chi connectivity index (χ3v) is 6.06. The molecule has 160 valence electrons. The molecular weight excluding hydrogens is 435 g/mol. The topological polar surface area (TPSA) is 99.6 Å². The number of sulfonamides is 1. The van der Waals surface area contributed by atoms with Crippen molar-refractivity contribution in [3.63, 3.8) is 0 Å². The van der Waals surface area contributed by atoms with Crippen molar-refractivity contribution in [2.75, 3.05) is 9.62 Å². The van der Waals surface area contributed by atoms with Crippen molar-refractivity contribution in [1.29, 1.82) is 0 Å². The number of pyridine rings is 1. The summed E-state index contributed by atoms with van der Waals surface area (Å²) in [5.41, 5.74) is -0.899. The Balaban J connectivity index is 1.73. The second-order valence-corrected chi connectivity index (χ2v) is 8.34. The zero-order valence-corrected chi connectivity index (χ0v) is 16.4. The lowest BCUT2D eigenvalue weighted by Gasteiger charge is -2.21. The maximum absolute atomic E-state index is 13.0. The lowest BCUT2D eigenvalue weighted by Crippen LogP contribution is -2.27. The molecule has 11 heteroatoms. The lowest BCUT2D eigenvalue weighted by atomic mass is 10.1. The third kappa shape index (κ3) is 3.73. The van der Waals surface area contributed by atoms with E-state index in [0.717, 1.165) is 23.1 Å². The Morgan fingerprint density at radius 3 is 2.48 bits per heavy atom. The molecule has 0 saturated carbocycles. The summed E-state index contributed by atoms with van der Waals surface area (Å²) in [6, 6.07) is 10.5. The molecule has 0 bridgehead atoms. The molecule has 2 N–H and O–H groups in total. The molecule has 7 nitrogen and oxygen atoms in total. The van der Waals surface area contributed by atoms with Gasteiger partial charge in [0.2, 0.25) is 0 Å². The third-order valence-electron chi connectivity index (χ3n) is 4.70.